The van der Waals surface area contributed by atoms with Crippen LogP contribution in [0.5, 0.6) is 0 Å². The molecule has 2 heterocycles. The minimum absolute atomic E-state index is 0.552. The van der Waals surface area contributed by atoms with Crippen LogP contribution in [0, 0.1) is 0 Å². The van der Waals surface area contributed by atoms with Crippen molar-refractivity contribution in [3.05, 3.63) is 23.7 Å². The normalized spacial score (nSPS) is 18.6. The molecule has 14 heavy (non-hydrogen) atoms. The number of hydrogen-bond donors (Lipinski definition) is 1. The van der Waals surface area contributed by atoms with E-state index in [0.29, 0.717) is 6.54 Å². The fourth-order valence-electron chi connectivity index (χ4n) is 1.65. The Morgan fingerprint density at radius 2 is 2.14 bits per heavy atom. The molecule has 0 amide bonds. The van der Waals surface area contributed by atoms with E-state index in [1.165, 1.54) is 0 Å². The van der Waals surface area contributed by atoms with Gasteiger partial charge in [0.25, 0.3) is 0 Å². The summed E-state index contributed by atoms with van der Waals surface area (Å²) in [6.07, 6.45) is 1.71. The summed E-state index contributed by atoms with van der Waals surface area (Å²) < 4.78 is 10.7. The average molecular weight is 196 g/mol. The lowest BCUT2D eigenvalue weighted by atomic mass is 10.2. The van der Waals surface area contributed by atoms with Crippen LogP contribution in [0.2, 0.25) is 0 Å². The van der Waals surface area contributed by atoms with Crippen LogP contribution >= 0.6 is 0 Å². The molecular formula is C10H16N2O2. The van der Waals surface area contributed by atoms with Crippen molar-refractivity contribution >= 4 is 0 Å². The zero-order valence-electron chi connectivity index (χ0n) is 8.24. The van der Waals surface area contributed by atoms with E-state index in [9.17, 15) is 0 Å². The van der Waals surface area contributed by atoms with Crippen molar-refractivity contribution in [2.45, 2.75) is 13.1 Å². The summed E-state index contributed by atoms with van der Waals surface area (Å²) in [5.74, 6) is 0.995. The minimum Gasteiger partial charge on any atom is -0.468 e. The first-order chi connectivity index (χ1) is 6.90. The van der Waals surface area contributed by atoms with E-state index in [1.807, 2.05) is 6.07 Å². The zero-order chi connectivity index (χ0) is 9.80. The van der Waals surface area contributed by atoms with Crippen LogP contribution in [0.3, 0.4) is 0 Å². The van der Waals surface area contributed by atoms with Crippen LogP contribution in [0.1, 0.15) is 11.3 Å². The molecule has 1 aliphatic heterocycles. The Morgan fingerprint density at radius 3 is 2.86 bits per heavy atom. The molecule has 2 N–H and O–H groups in total. The van der Waals surface area contributed by atoms with Crippen molar-refractivity contribution in [1.82, 2.24) is 4.90 Å². The van der Waals surface area contributed by atoms with Crippen LogP contribution in [-0.2, 0) is 17.8 Å². The van der Waals surface area contributed by atoms with Gasteiger partial charge in [-0.1, -0.05) is 0 Å². The van der Waals surface area contributed by atoms with Crippen molar-refractivity contribution in [3.63, 3.8) is 0 Å². The lowest BCUT2D eigenvalue weighted by molar-refractivity contribution is 0.0312. The highest BCUT2D eigenvalue weighted by atomic mass is 16.5. The molecule has 0 radical (unpaired) electrons. The zero-order valence-corrected chi connectivity index (χ0v) is 8.24. The molecule has 4 heteroatoms. The van der Waals surface area contributed by atoms with E-state index in [4.69, 9.17) is 14.9 Å². The van der Waals surface area contributed by atoms with Gasteiger partial charge >= 0.3 is 0 Å². The quantitative estimate of drug-likeness (QED) is 0.768. The predicted molar refractivity (Wildman–Crippen MR) is 52.7 cm³/mol. The van der Waals surface area contributed by atoms with Crippen LogP contribution in [0.15, 0.2) is 16.7 Å². The van der Waals surface area contributed by atoms with Crippen LogP contribution in [-0.4, -0.2) is 31.2 Å². The molecule has 1 fully saturated rings. The number of rotatable bonds is 3. The number of furan rings is 1. The Kier molecular flexibility index (Phi) is 3.18. The molecule has 1 saturated heterocycles. The van der Waals surface area contributed by atoms with Crippen LogP contribution < -0.4 is 5.73 Å². The second-order valence-corrected chi connectivity index (χ2v) is 3.46. The fraction of sp³-hybridized carbons (Fsp3) is 0.600. The molecular weight excluding hydrogens is 180 g/mol. The highest BCUT2D eigenvalue weighted by Crippen LogP contribution is 2.13. The second kappa shape index (κ2) is 4.59. The number of ether oxygens (including phenoxy) is 1. The Labute approximate surface area is 83.6 Å². The molecule has 0 saturated carbocycles. The minimum atomic E-state index is 0.552. The molecule has 4 nitrogen and oxygen atoms in total. The molecule has 0 aromatic carbocycles. The Hall–Kier alpha value is -0.840. The lowest BCUT2D eigenvalue weighted by Gasteiger charge is -2.25. The Balaban J connectivity index is 1.95. The predicted octanol–water partition coefficient (Wildman–Crippen LogP) is 0.571. The summed E-state index contributed by atoms with van der Waals surface area (Å²) >= 11 is 0. The van der Waals surface area contributed by atoms with Crippen molar-refractivity contribution in [2.24, 2.45) is 5.73 Å². The summed E-state index contributed by atoms with van der Waals surface area (Å²) in [7, 11) is 0. The summed E-state index contributed by atoms with van der Waals surface area (Å²) in [6, 6.07) is 1.94. The third-order valence-corrected chi connectivity index (χ3v) is 2.53. The van der Waals surface area contributed by atoms with Crippen molar-refractivity contribution in [2.75, 3.05) is 26.3 Å². The van der Waals surface area contributed by atoms with Gasteiger partial charge in [-0.05, 0) is 6.07 Å². The van der Waals surface area contributed by atoms with E-state index < -0.39 is 0 Å². The third kappa shape index (κ3) is 2.15. The first kappa shape index (κ1) is 9.71. The average Bonchev–Trinajstić information content (AvgIpc) is 2.67. The van der Waals surface area contributed by atoms with Gasteiger partial charge in [-0.25, -0.2) is 0 Å². The van der Waals surface area contributed by atoms with Gasteiger partial charge in [0.1, 0.15) is 5.76 Å². The maximum Gasteiger partial charge on any atom is 0.122 e. The number of nitrogens with zero attached hydrogens (tertiary/aromatic N) is 1. The van der Waals surface area contributed by atoms with Gasteiger partial charge < -0.3 is 14.9 Å². The maximum absolute atomic E-state index is 5.60. The summed E-state index contributed by atoms with van der Waals surface area (Å²) in [5, 5.41) is 0. The molecule has 1 aromatic rings. The van der Waals surface area contributed by atoms with Gasteiger partial charge in [0.15, 0.2) is 0 Å². The maximum atomic E-state index is 5.60. The first-order valence-electron chi connectivity index (χ1n) is 4.95. The standard InChI is InChI=1S/C10H16N2O2/c11-7-9-1-4-14-10(9)8-12-2-5-13-6-3-12/h1,4H,2-3,5-8,11H2. The molecule has 1 aromatic heterocycles. The number of morpholine rings is 1. The van der Waals surface area contributed by atoms with Crippen molar-refractivity contribution < 1.29 is 9.15 Å². The molecule has 78 valence electrons. The summed E-state index contributed by atoms with van der Waals surface area (Å²) in [4.78, 5) is 2.32. The largest absolute Gasteiger partial charge is 0.468 e. The second-order valence-electron chi connectivity index (χ2n) is 3.46. The van der Waals surface area contributed by atoms with Gasteiger partial charge in [0, 0.05) is 25.2 Å². The molecule has 1 aliphatic rings. The van der Waals surface area contributed by atoms with Crippen molar-refractivity contribution in [1.29, 1.82) is 0 Å². The number of hydrogen-bond acceptors (Lipinski definition) is 4. The summed E-state index contributed by atoms with van der Waals surface area (Å²) in [6.45, 7) is 4.99. The number of nitrogens with two attached hydrogens (primary N) is 1. The van der Waals surface area contributed by atoms with Crippen LogP contribution in [0.4, 0.5) is 0 Å². The Bertz CT molecular complexity index is 279. The van der Waals surface area contributed by atoms with Gasteiger partial charge in [-0.2, -0.15) is 0 Å². The molecule has 0 bridgehead atoms. The molecule has 0 unspecified atom stereocenters. The molecule has 0 aliphatic carbocycles. The molecule has 2 rings (SSSR count). The topological polar surface area (TPSA) is 51.6 Å². The fourth-order valence-corrected chi connectivity index (χ4v) is 1.65. The van der Waals surface area contributed by atoms with E-state index in [2.05, 4.69) is 4.90 Å². The monoisotopic (exact) mass is 196 g/mol. The summed E-state index contributed by atoms with van der Waals surface area (Å²) in [5.41, 5.74) is 6.70. The molecule has 0 atom stereocenters. The molecule has 0 spiro atoms. The van der Waals surface area contributed by atoms with Gasteiger partial charge in [0.05, 0.1) is 26.0 Å². The SMILES string of the molecule is NCc1ccoc1CN1CCOCC1. The highest BCUT2D eigenvalue weighted by Gasteiger charge is 2.14. The van der Waals surface area contributed by atoms with Gasteiger partial charge in [0.2, 0.25) is 0 Å². The van der Waals surface area contributed by atoms with E-state index in [-0.39, 0.29) is 0 Å². The van der Waals surface area contributed by atoms with E-state index in [0.717, 1.165) is 44.2 Å². The van der Waals surface area contributed by atoms with Crippen LogP contribution in [0.25, 0.3) is 0 Å². The van der Waals surface area contributed by atoms with E-state index in [1.54, 1.807) is 6.26 Å². The Morgan fingerprint density at radius 1 is 1.36 bits per heavy atom. The third-order valence-electron chi connectivity index (χ3n) is 2.53. The van der Waals surface area contributed by atoms with Gasteiger partial charge in [-0.3, -0.25) is 4.90 Å². The lowest BCUT2D eigenvalue weighted by Crippen LogP contribution is -2.35. The van der Waals surface area contributed by atoms with E-state index >= 15 is 0 Å². The highest BCUT2D eigenvalue weighted by molar-refractivity contribution is 5.16. The van der Waals surface area contributed by atoms with Gasteiger partial charge in [-0.15, -0.1) is 0 Å². The van der Waals surface area contributed by atoms with Crippen molar-refractivity contribution in [3.8, 4) is 0 Å². The first-order valence-corrected chi connectivity index (χ1v) is 4.95. The smallest absolute Gasteiger partial charge is 0.122 e.